The van der Waals surface area contributed by atoms with Crippen LogP contribution in [0.4, 0.5) is 0 Å². The summed E-state index contributed by atoms with van der Waals surface area (Å²) in [7, 11) is 4.37. The number of pyridine rings is 1. The molecule has 2 heterocycles. The van der Waals surface area contributed by atoms with E-state index in [1.165, 1.54) is 5.56 Å². The van der Waals surface area contributed by atoms with Crippen molar-refractivity contribution in [2.24, 2.45) is 0 Å². The van der Waals surface area contributed by atoms with Gasteiger partial charge in [-0.25, -0.2) is 0 Å². The molecule has 0 radical (unpaired) electrons. The van der Waals surface area contributed by atoms with E-state index in [9.17, 15) is 0 Å². The van der Waals surface area contributed by atoms with E-state index in [1.54, 1.807) is 0 Å². The fraction of sp³-hybridized carbons (Fsp3) is 0.615. The Morgan fingerprint density at radius 1 is 1.47 bits per heavy atom. The van der Waals surface area contributed by atoms with Crippen molar-refractivity contribution < 1.29 is 0 Å². The number of nitrogens with zero attached hydrogens (tertiary/aromatic N) is 3. The molecule has 0 spiro atoms. The smallest absolute Gasteiger partial charge is 0.0323 e. The Morgan fingerprint density at radius 2 is 2.24 bits per heavy atom. The molecule has 0 aliphatic carbocycles. The first-order valence-corrected chi connectivity index (χ1v) is 6.23. The molecule has 1 N–H and O–H groups in total. The summed E-state index contributed by atoms with van der Waals surface area (Å²) in [5.41, 5.74) is 1.33. The molecule has 1 saturated heterocycles. The van der Waals surface area contributed by atoms with E-state index in [4.69, 9.17) is 0 Å². The third kappa shape index (κ3) is 4.07. The Labute approximate surface area is 104 Å². The maximum atomic E-state index is 4.04. The van der Waals surface area contributed by atoms with Crippen LogP contribution < -0.4 is 5.32 Å². The zero-order chi connectivity index (χ0) is 12.1. The molecule has 1 aromatic heterocycles. The van der Waals surface area contributed by atoms with Gasteiger partial charge in [0.05, 0.1) is 0 Å². The zero-order valence-corrected chi connectivity index (χ0v) is 10.8. The summed E-state index contributed by atoms with van der Waals surface area (Å²) in [5, 5.41) is 3.57. The molecule has 0 bridgehead atoms. The zero-order valence-electron chi connectivity index (χ0n) is 10.8. The predicted molar refractivity (Wildman–Crippen MR) is 69.9 cm³/mol. The molecule has 1 aliphatic rings. The monoisotopic (exact) mass is 234 g/mol. The lowest BCUT2D eigenvalue weighted by atomic mass is 10.2. The van der Waals surface area contributed by atoms with E-state index >= 15 is 0 Å². The minimum atomic E-state index is 0.584. The summed E-state index contributed by atoms with van der Waals surface area (Å²) in [5.74, 6) is 0. The molecule has 2 rings (SSSR count). The van der Waals surface area contributed by atoms with Crippen LogP contribution in [0.3, 0.4) is 0 Å². The second kappa shape index (κ2) is 6.10. The van der Waals surface area contributed by atoms with Crippen molar-refractivity contribution in [3.05, 3.63) is 30.1 Å². The van der Waals surface area contributed by atoms with Crippen molar-refractivity contribution in [1.29, 1.82) is 0 Å². The van der Waals surface area contributed by atoms with Gasteiger partial charge in [-0.3, -0.25) is 4.98 Å². The molecule has 17 heavy (non-hydrogen) atoms. The van der Waals surface area contributed by atoms with E-state index in [0.717, 1.165) is 32.7 Å². The Morgan fingerprint density at radius 3 is 2.94 bits per heavy atom. The van der Waals surface area contributed by atoms with Crippen molar-refractivity contribution in [1.82, 2.24) is 20.1 Å². The number of piperazine rings is 1. The second-order valence-electron chi connectivity index (χ2n) is 4.97. The first-order valence-electron chi connectivity index (χ1n) is 6.23. The second-order valence-corrected chi connectivity index (χ2v) is 4.97. The highest BCUT2D eigenvalue weighted by atomic mass is 15.2. The van der Waals surface area contributed by atoms with Gasteiger partial charge in [0, 0.05) is 51.2 Å². The molecule has 1 unspecified atom stereocenters. The molecule has 4 nitrogen and oxygen atoms in total. The summed E-state index contributed by atoms with van der Waals surface area (Å²) in [6.45, 7) is 5.48. The van der Waals surface area contributed by atoms with Crippen LogP contribution in [-0.2, 0) is 6.54 Å². The Bertz CT molecular complexity index is 327. The summed E-state index contributed by atoms with van der Waals surface area (Å²) in [4.78, 5) is 8.80. The van der Waals surface area contributed by atoms with Crippen molar-refractivity contribution in [3.8, 4) is 0 Å². The molecule has 0 amide bonds. The van der Waals surface area contributed by atoms with Crippen molar-refractivity contribution in [2.75, 3.05) is 40.3 Å². The normalized spacial score (nSPS) is 21.9. The third-order valence-electron chi connectivity index (χ3n) is 3.19. The quantitative estimate of drug-likeness (QED) is 0.818. The van der Waals surface area contributed by atoms with Gasteiger partial charge >= 0.3 is 0 Å². The third-order valence-corrected chi connectivity index (χ3v) is 3.19. The molecule has 0 saturated carbocycles. The first-order chi connectivity index (χ1) is 8.24. The highest BCUT2D eigenvalue weighted by Gasteiger charge is 2.17. The number of hydrogen-bond donors (Lipinski definition) is 1. The van der Waals surface area contributed by atoms with E-state index in [1.807, 2.05) is 12.4 Å². The molecule has 1 atom stereocenters. The highest BCUT2D eigenvalue weighted by molar-refractivity contribution is 5.09. The lowest BCUT2D eigenvalue weighted by molar-refractivity contribution is 0.192. The van der Waals surface area contributed by atoms with Crippen LogP contribution in [0.1, 0.15) is 5.56 Å². The van der Waals surface area contributed by atoms with Crippen LogP contribution in [0.2, 0.25) is 0 Å². The molecular formula is C13H22N4. The van der Waals surface area contributed by atoms with Gasteiger partial charge in [0.1, 0.15) is 0 Å². The molecular weight excluding hydrogens is 212 g/mol. The van der Waals surface area contributed by atoms with Gasteiger partial charge in [-0.05, 0) is 31.8 Å². The summed E-state index contributed by atoms with van der Waals surface area (Å²) in [6, 6.07) is 4.74. The van der Waals surface area contributed by atoms with Gasteiger partial charge in [0.2, 0.25) is 0 Å². The van der Waals surface area contributed by atoms with Gasteiger partial charge < -0.3 is 15.1 Å². The average molecular weight is 234 g/mol. The predicted octanol–water partition coefficient (Wildman–Crippen LogP) is 0.417. The number of rotatable bonds is 4. The van der Waals surface area contributed by atoms with E-state index < -0.39 is 0 Å². The molecule has 1 aliphatic heterocycles. The maximum Gasteiger partial charge on any atom is 0.0323 e. The van der Waals surface area contributed by atoms with Gasteiger partial charge in [0.25, 0.3) is 0 Å². The molecule has 4 heteroatoms. The summed E-state index contributed by atoms with van der Waals surface area (Å²) >= 11 is 0. The van der Waals surface area contributed by atoms with Crippen LogP contribution in [0, 0.1) is 0 Å². The number of hydrogen-bond acceptors (Lipinski definition) is 4. The fourth-order valence-corrected chi connectivity index (χ4v) is 2.35. The van der Waals surface area contributed by atoms with Gasteiger partial charge in [-0.2, -0.15) is 0 Å². The minimum absolute atomic E-state index is 0.584. The van der Waals surface area contributed by atoms with Crippen molar-refractivity contribution in [3.63, 3.8) is 0 Å². The van der Waals surface area contributed by atoms with Crippen LogP contribution >= 0.6 is 0 Å². The van der Waals surface area contributed by atoms with Gasteiger partial charge in [-0.15, -0.1) is 0 Å². The Kier molecular flexibility index (Phi) is 4.48. The fourth-order valence-electron chi connectivity index (χ4n) is 2.35. The number of nitrogens with one attached hydrogen (secondary N) is 1. The van der Waals surface area contributed by atoms with Gasteiger partial charge in [-0.1, -0.05) is 0 Å². The van der Waals surface area contributed by atoms with Crippen LogP contribution in [0.15, 0.2) is 24.5 Å². The Balaban J connectivity index is 1.79. The van der Waals surface area contributed by atoms with Crippen molar-refractivity contribution >= 4 is 0 Å². The SMILES string of the molecule is CN1CCNC(CN(C)Cc2ccncc2)C1. The number of aromatic nitrogens is 1. The summed E-state index contributed by atoms with van der Waals surface area (Å²) in [6.07, 6.45) is 3.71. The van der Waals surface area contributed by atoms with E-state index in [2.05, 4.69) is 46.3 Å². The van der Waals surface area contributed by atoms with Crippen LogP contribution in [0.25, 0.3) is 0 Å². The van der Waals surface area contributed by atoms with Crippen LogP contribution in [0.5, 0.6) is 0 Å². The van der Waals surface area contributed by atoms with E-state index in [-0.39, 0.29) is 0 Å². The topological polar surface area (TPSA) is 31.4 Å². The summed E-state index contributed by atoms with van der Waals surface area (Å²) < 4.78 is 0. The Hall–Kier alpha value is -0.970. The standard InChI is InChI=1S/C13H22N4/c1-16-8-7-15-13(10-16)11-17(2)9-12-3-5-14-6-4-12/h3-6,13,15H,7-11H2,1-2H3. The lowest BCUT2D eigenvalue weighted by Gasteiger charge is -2.33. The molecule has 1 aromatic rings. The van der Waals surface area contributed by atoms with Crippen molar-refractivity contribution in [2.45, 2.75) is 12.6 Å². The van der Waals surface area contributed by atoms with E-state index in [0.29, 0.717) is 6.04 Å². The lowest BCUT2D eigenvalue weighted by Crippen LogP contribution is -2.53. The van der Waals surface area contributed by atoms with Crippen LogP contribution in [-0.4, -0.2) is 61.1 Å². The maximum absolute atomic E-state index is 4.04. The molecule has 0 aromatic carbocycles. The first kappa shape index (κ1) is 12.5. The van der Waals surface area contributed by atoms with Gasteiger partial charge in [0.15, 0.2) is 0 Å². The highest BCUT2D eigenvalue weighted by Crippen LogP contribution is 2.03. The minimum Gasteiger partial charge on any atom is -0.310 e. The average Bonchev–Trinajstić information content (AvgIpc) is 2.30. The molecule has 1 fully saturated rings. The number of likely N-dealkylation sites (N-methyl/N-ethyl adjacent to an activating group) is 2. The molecule has 94 valence electrons. The largest absolute Gasteiger partial charge is 0.310 e.